The van der Waals surface area contributed by atoms with E-state index in [4.69, 9.17) is 5.11 Å². The van der Waals surface area contributed by atoms with Crippen molar-refractivity contribution in [3.05, 3.63) is 23.0 Å². The summed E-state index contributed by atoms with van der Waals surface area (Å²) in [5.74, 6) is -0.735. The van der Waals surface area contributed by atoms with E-state index in [1.54, 1.807) is 0 Å². The van der Waals surface area contributed by atoms with Crippen LogP contribution in [0.15, 0.2) is 6.07 Å². The third-order valence-electron chi connectivity index (χ3n) is 2.49. The second-order valence-corrected chi connectivity index (χ2v) is 3.35. The molecule has 1 aromatic heterocycles. The van der Waals surface area contributed by atoms with Crippen LogP contribution in [0.3, 0.4) is 0 Å². The van der Waals surface area contributed by atoms with Crippen LogP contribution in [0.5, 0.6) is 0 Å². The molecule has 0 aliphatic carbocycles. The molecule has 0 saturated carbocycles. The van der Waals surface area contributed by atoms with E-state index in [1.165, 1.54) is 11.4 Å². The van der Waals surface area contributed by atoms with Crippen molar-refractivity contribution in [1.29, 1.82) is 0 Å². The molecule has 0 spiro atoms. The topological polar surface area (TPSA) is 42.2 Å². The standard InChI is InChI=1S/C10H15NO2/c1-7-6-9(4-5-10(12)13)8(2)11(7)3/h6H,4-5H2,1-3H3,(H,12,13). The number of aryl methyl sites for hydroxylation is 2. The summed E-state index contributed by atoms with van der Waals surface area (Å²) < 4.78 is 2.08. The molecular weight excluding hydrogens is 166 g/mol. The molecule has 0 atom stereocenters. The second-order valence-electron chi connectivity index (χ2n) is 3.35. The first-order valence-electron chi connectivity index (χ1n) is 4.36. The average molecular weight is 181 g/mol. The second kappa shape index (κ2) is 3.64. The first-order chi connectivity index (χ1) is 6.02. The summed E-state index contributed by atoms with van der Waals surface area (Å²) in [6.07, 6.45) is 0.840. The van der Waals surface area contributed by atoms with Gasteiger partial charge in [0.2, 0.25) is 0 Å². The fraction of sp³-hybridized carbons (Fsp3) is 0.500. The van der Waals surface area contributed by atoms with Gasteiger partial charge in [-0.3, -0.25) is 4.79 Å². The van der Waals surface area contributed by atoms with Crippen molar-refractivity contribution < 1.29 is 9.90 Å². The Labute approximate surface area is 78.0 Å². The van der Waals surface area contributed by atoms with Crippen molar-refractivity contribution in [3.8, 4) is 0 Å². The molecule has 1 rings (SSSR count). The molecule has 0 unspecified atom stereocenters. The van der Waals surface area contributed by atoms with E-state index in [1.807, 2.05) is 20.9 Å². The van der Waals surface area contributed by atoms with Gasteiger partial charge in [0.25, 0.3) is 0 Å². The molecule has 3 heteroatoms. The Morgan fingerprint density at radius 3 is 2.54 bits per heavy atom. The number of hydrogen-bond donors (Lipinski definition) is 1. The summed E-state index contributed by atoms with van der Waals surface area (Å²) in [4.78, 5) is 10.4. The monoisotopic (exact) mass is 181 g/mol. The Bertz CT molecular complexity index is 326. The number of carboxylic acids is 1. The number of aromatic nitrogens is 1. The van der Waals surface area contributed by atoms with Gasteiger partial charge in [-0.15, -0.1) is 0 Å². The predicted octanol–water partition coefficient (Wildman–Crippen LogP) is 1.66. The lowest BCUT2D eigenvalue weighted by Crippen LogP contribution is -1.99. The number of nitrogens with zero attached hydrogens (tertiary/aromatic N) is 1. The molecular formula is C10H15NO2. The van der Waals surface area contributed by atoms with Gasteiger partial charge in [0, 0.05) is 24.9 Å². The van der Waals surface area contributed by atoms with E-state index in [-0.39, 0.29) is 6.42 Å². The Hall–Kier alpha value is -1.25. The molecule has 0 radical (unpaired) electrons. The van der Waals surface area contributed by atoms with Gasteiger partial charge in [-0.05, 0) is 31.9 Å². The van der Waals surface area contributed by atoms with Gasteiger partial charge in [-0.25, -0.2) is 0 Å². The predicted molar refractivity (Wildman–Crippen MR) is 50.8 cm³/mol. The fourth-order valence-electron chi connectivity index (χ4n) is 1.43. The summed E-state index contributed by atoms with van der Waals surface area (Å²) in [5.41, 5.74) is 3.49. The molecule has 1 heterocycles. The van der Waals surface area contributed by atoms with Gasteiger partial charge in [-0.1, -0.05) is 0 Å². The SMILES string of the molecule is Cc1cc(CCC(=O)O)c(C)n1C. The van der Waals surface area contributed by atoms with Crippen LogP contribution in [0.2, 0.25) is 0 Å². The van der Waals surface area contributed by atoms with Crippen LogP contribution < -0.4 is 0 Å². The highest BCUT2D eigenvalue weighted by Gasteiger charge is 2.07. The van der Waals surface area contributed by atoms with Crippen molar-refractivity contribution in [1.82, 2.24) is 4.57 Å². The largest absolute Gasteiger partial charge is 0.481 e. The van der Waals surface area contributed by atoms with E-state index < -0.39 is 5.97 Å². The molecule has 3 nitrogen and oxygen atoms in total. The molecule has 0 aliphatic rings. The van der Waals surface area contributed by atoms with Crippen molar-refractivity contribution in [2.24, 2.45) is 7.05 Å². The Balaban J connectivity index is 2.78. The quantitative estimate of drug-likeness (QED) is 0.770. The van der Waals surface area contributed by atoms with Crippen LogP contribution in [0.4, 0.5) is 0 Å². The van der Waals surface area contributed by atoms with Gasteiger partial charge in [-0.2, -0.15) is 0 Å². The molecule has 72 valence electrons. The summed E-state index contributed by atoms with van der Waals surface area (Å²) in [7, 11) is 1.99. The first kappa shape index (κ1) is 9.84. The number of rotatable bonds is 3. The molecule has 0 saturated heterocycles. The first-order valence-corrected chi connectivity index (χ1v) is 4.36. The van der Waals surface area contributed by atoms with Crippen molar-refractivity contribution in [2.45, 2.75) is 26.7 Å². The highest BCUT2D eigenvalue weighted by atomic mass is 16.4. The third kappa shape index (κ3) is 2.11. The summed E-state index contributed by atoms with van der Waals surface area (Å²) >= 11 is 0. The number of carboxylic acid groups (broad SMARTS) is 1. The molecule has 0 fully saturated rings. The molecule has 0 bridgehead atoms. The molecule has 13 heavy (non-hydrogen) atoms. The fourth-order valence-corrected chi connectivity index (χ4v) is 1.43. The molecule has 0 aromatic carbocycles. The van der Waals surface area contributed by atoms with Crippen LogP contribution in [0, 0.1) is 13.8 Å². The zero-order valence-electron chi connectivity index (χ0n) is 8.29. The highest BCUT2D eigenvalue weighted by molar-refractivity contribution is 5.67. The summed E-state index contributed by atoms with van der Waals surface area (Å²) in [6, 6.07) is 2.05. The molecule has 1 aromatic rings. The minimum atomic E-state index is -0.735. The maximum absolute atomic E-state index is 10.4. The van der Waals surface area contributed by atoms with E-state index in [9.17, 15) is 4.79 Å². The van der Waals surface area contributed by atoms with Crippen LogP contribution >= 0.6 is 0 Å². The van der Waals surface area contributed by atoms with Gasteiger partial charge in [0.1, 0.15) is 0 Å². The van der Waals surface area contributed by atoms with Crippen LogP contribution in [-0.4, -0.2) is 15.6 Å². The lowest BCUT2D eigenvalue weighted by Gasteiger charge is -2.00. The number of carbonyl (C=O) groups is 1. The Morgan fingerprint density at radius 2 is 2.15 bits per heavy atom. The normalized spacial score (nSPS) is 10.4. The van der Waals surface area contributed by atoms with E-state index in [0.717, 1.165) is 5.56 Å². The minimum absolute atomic E-state index is 0.213. The van der Waals surface area contributed by atoms with E-state index in [2.05, 4.69) is 10.6 Å². The smallest absolute Gasteiger partial charge is 0.303 e. The van der Waals surface area contributed by atoms with Crippen LogP contribution in [0.1, 0.15) is 23.4 Å². The van der Waals surface area contributed by atoms with Crippen molar-refractivity contribution in [3.63, 3.8) is 0 Å². The zero-order chi connectivity index (χ0) is 10.0. The summed E-state index contributed by atoms with van der Waals surface area (Å²) in [5, 5.41) is 8.53. The van der Waals surface area contributed by atoms with Crippen LogP contribution in [-0.2, 0) is 18.3 Å². The van der Waals surface area contributed by atoms with E-state index in [0.29, 0.717) is 6.42 Å². The van der Waals surface area contributed by atoms with Gasteiger partial charge in [0.05, 0.1) is 0 Å². The van der Waals surface area contributed by atoms with Gasteiger partial charge >= 0.3 is 5.97 Å². The van der Waals surface area contributed by atoms with Crippen molar-refractivity contribution >= 4 is 5.97 Å². The lowest BCUT2D eigenvalue weighted by molar-refractivity contribution is -0.136. The number of aliphatic carboxylic acids is 1. The van der Waals surface area contributed by atoms with Gasteiger partial charge < -0.3 is 9.67 Å². The maximum atomic E-state index is 10.4. The average Bonchev–Trinajstić information content (AvgIpc) is 2.29. The van der Waals surface area contributed by atoms with Crippen LogP contribution in [0.25, 0.3) is 0 Å². The molecule has 1 N–H and O–H groups in total. The zero-order valence-corrected chi connectivity index (χ0v) is 8.29. The van der Waals surface area contributed by atoms with Gasteiger partial charge in [0.15, 0.2) is 0 Å². The molecule has 0 amide bonds. The Kier molecular flexibility index (Phi) is 2.76. The third-order valence-corrected chi connectivity index (χ3v) is 2.49. The lowest BCUT2D eigenvalue weighted by atomic mass is 10.1. The van der Waals surface area contributed by atoms with Crippen molar-refractivity contribution in [2.75, 3.05) is 0 Å². The number of hydrogen-bond acceptors (Lipinski definition) is 1. The highest BCUT2D eigenvalue weighted by Crippen LogP contribution is 2.14. The minimum Gasteiger partial charge on any atom is -0.481 e. The Morgan fingerprint density at radius 1 is 1.54 bits per heavy atom. The molecule has 0 aliphatic heterocycles. The van der Waals surface area contributed by atoms with E-state index >= 15 is 0 Å². The summed E-state index contributed by atoms with van der Waals surface area (Å²) in [6.45, 7) is 4.04. The maximum Gasteiger partial charge on any atom is 0.303 e.